The fourth-order valence-corrected chi connectivity index (χ4v) is 1.41. The number of nitrogens with one attached hydrogen (secondary N) is 1. The lowest BCUT2D eigenvalue weighted by atomic mass is 10.2. The smallest absolute Gasteiger partial charge is 0.268 e. The van der Waals surface area contributed by atoms with E-state index in [0.29, 0.717) is 5.01 Å². The minimum absolute atomic E-state index is 0.225. The van der Waals surface area contributed by atoms with E-state index in [4.69, 9.17) is 46.6 Å². The maximum absolute atomic E-state index is 11.8. The van der Waals surface area contributed by atoms with Gasteiger partial charge in [-0.1, -0.05) is 53.0 Å². The van der Waals surface area contributed by atoms with E-state index in [9.17, 15) is 9.59 Å². The SMILES string of the molecule is O=C(c1ccccc1)N(NCl)C(=O)C(Cl)(Cl)Cl. The van der Waals surface area contributed by atoms with Gasteiger partial charge in [-0.15, -0.1) is 4.94 Å². The second-order valence-corrected chi connectivity index (χ2v) is 5.34. The molecule has 0 radical (unpaired) electrons. The van der Waals surface area contributed by atoms with E-state index in [-0.39, 0.29) is 5.56 Å². The summed E-state index contributed by atoms with van der Waals surface area (Å²) in [4.78, 5) is 25.3. The summed E-state index contributed by atoms with van der Waals surface area (Å²) >= 11 is 21.4. The molecule has 4 nitrogen and oxygen atoms in total. The Bertz CT molecular complexity index is 419. The molecule has 0 unspecified atom stereocenters. The standard InChI is InChI=1S/C9H6Cl4N2O2/c10-9(11,12)8(17)15(14-13)7(16)6-4-2-1-3-5-6/h1-5,14H. The zero-order chi connectivity index (χ0) is 13.1. The molecule has 0 aliphatic rings. The number of nitrogens with zero attached hydrogens (tertiary/aromatic N) is 1. The molecule has 0 atom stereocenters. The summed E-state index contributed by atoms with van der Waals surface area (Å²) in [5.41, 5.74) is 0.225. The van der Waals surface area contributed by atoms with E-state index < -0.39 is 15.6 Å². The predicted octanol–water partition coefficient (Wildman–Crippen LogP) is 2.68. The molecule has 0 aliphatic carbocycles. The molecule has 92 valence electrons. The molecule has 0 saturated carbocycles. The van der Waals surface area contributed by atoms with Gasteiger partial charge in [-0.2, -0.15) is 5.01 Å². The van der Waals surface area contributed by atoms with Crippen LogP contribution in [0.3, 0.4) is 0 Å². The molecule has 0 spiro atoms. The summed E-state index contributed by atoms with van der Waals surface area (Å²) in [6.45, 7) is 0. The Balaban J connectivity index is 2.97. The average Bonchev–Trinajstić information content (AvgIpc) is 2.29. The fourth-order valence-electron chi connectivity index (χ4n) is 1.01. The van der Waals surface area contributed by atoms with Crippen molar-refractivity contribution in [1.82, 2.24) is 9.95 Å². The van der Waals surface area contributed by atoms with Gasteiger partial charge in [0, 0.05) is 5.56 Å². The van der Waals surface area contributed by atoms with E-state index in [1.165, 1.54) is 12.1 Å². The van der Waals surface area contributed by atoms with Gasteiger partial charge in [-0.05, 0) is 23.9 Å². The van der Waals surface area contributed by atoms with Crippen molar-refractivity contribution in [2.75, 3.05) is 0 Å². The number of amides is 2. The molecule has 0 bridgehead atoms. The number of hydrogen-bond donors (Lipinski definition) is 1. The van der Waals surface area contributed by atoms with Crippen molar-refractivity contribution in [3.63, 3.8) is 0 Å². The minimum Gasteiger partial charge on any atom is -0.268 e. The molecule has 17 heavy (non-hydrogen) atoms. The first kappa shape index (κ1) is 14.5. The highest BCUT2D eigenvalue weighted by atomic mass is 35.6. The topological polar surface area (TPSA) is 49.4 Å². The van der Waals surface area contributed by atoms with E-state index in [1.807, 2.05) is 4.94 Å². The molecule has 0 aliphatic heterocycles. The number of carbonyl (C=O) groups excluding carboxylic acids is 2. The average molecular weight is 316 g/mol. The van der Waals surface area contributed by atoms with Crippen LogP contribution in [0.1, 0.15) is 10.4 Å². The third-order valence-electron chi connectivity index (χ3n) is 1.75. The lowest BCUT2D eigenvalue weighted by Crippen LogP contribution is -2.48. The van der Waals surface area contributed by atoms with E-state index >= 15 is 0 Å². The normalized spacial score (nSPS) is 11.1. The Morgan fingerprint density at radius 1 is 1.12 bits per heavy atom. The Morgan fingerprint density at radius 2 is 1.65 bits per heavy atom. The summed E-state index contributed by atoms with van der Waals surface area (Å²) in [6.07, 6.45) is 0. The Kier molecular flexibility index (Phi) is 5.04. The van der Waals surface area contributed by atoms with Crippen molar-refractivity contribution < 1.29 is 9.59 Å². The first-order valence-corrected chi connectivity index (χ1v) is 5.76. The fraction of sp³-hybridized carbons (Fsp3) is 0.111. The van der Waals surface area contributed by atoms with Crippen molar-refractivity contribution in [3.8, 4) is 0 Å². The van der Waals surface area contributed by atoms with Crippen LogP contribution in [0.4, 0.5) is 0 Å². The zero-order valence-corrected chi connectivity index (χ0v) is 11.2. The maximum Gasteiger partial charge on any atom is 0.297 e. The van der Waals surface area contributed by atoms with Gasteiger partial charge in [-0.25, -0.2) is 0 Å². The number of benzene rings is 1. The van der Waals surface area contributed by atoms with Crippen LogP contribution in [-0.4, -0.2) is 20.6 Å². The van der Waals surface area contributed by atoms with Gasteiger partial charge in [-0.3, -0.25) is 9.59 Å². The van der Waals surface area contributed by atoms with Crippen molar-refractivity contribution >= 4 is 58.4 Å². The molecule has 0 saturated heterocycles. The molecule has 1 rings (SSSR count). The third kappa shape index (κ3) is 3.72. The number of alkyl halides is 3. The number of imide groups is 1. The monoisotopic (exact) mass is 314 g/mol. The minimum atomic E-state index is -2.27. The molecule has 0 fully saturated rings. The summed E-state index contributed by atoms with van der Waals surface area (Å²) in [6, 6.07) is 7.95. The van der Waals surface area contributed by atoms with Crippen molar-refractivity contribution in [3.05, 3.63) is 35.9 Å². The summed E-state index contributed by atoms with van der Waals surface area (Å²) in [5.74, 6) is -1.82. The molecule has 1 N–H and O–H groups in total. The highest BCUT2D eigenvalue weighted by molar-refractivity contribution is 6.76. The molecular formula is C9H6Cl4N2O2. The lowest BCUT2D eigenvalue weighted by molar-refractivity contribution is -0.128. The van der Waals surface area contributed by atoms with Gasteiger partial charge in [0.2, 0.25) is 0 Å². The van der Waals surface area contributed by atoms with Crippen molar-refractivity contribution in [2.24, 2.45) is 0 Å². The van der Waals surface area contributed by atoms with Crippen molar-refractivity contribution in [1.29, 1.82) is 0 Å². The molecule has 8 heteroatoms. The van der Waals surface area contributed by atoms with Gasteiger partial charge in [0.25, 0.3) is 15.6 Å². The first-order valence-electron chi connectivity index (χ1n) is 4.25. The Labute approximate surface area is 117 Å². The van der Waals surface area contributed by atoms with Crippen LogP contribution in [0.15, 0.2) is 30.3 Å². The number of hydrogen-bond acceptors (Lipinski definition) is 3. The van der Waals surface area contributed by atoms with Gasteiger partial charge in [0.15, 0.2) is 0 Å². The maximum atomic E-state index is 11.8. The quantitative estimate of drug-likeness (QED) is 0.518. The second kappa shape index (κ2) is 5.89. The van der Waals surface area contributed by atoms with E-state index in [0.717, 1.165) is 0 Å². The predicted molar refractivity (Wildman–Crippen MR) is 66.9 cm³/mol. The summed E-state index contributed by atoms with van der Waals surface area (Å²) < 4.78 is -2.27. The van der Waals surface area contributed by atoms with Crippen LogP contribution in [0.2, 0.25) is 0 Å². The van der Waals surface area contributed by atoms with E-state index in [1.54, 1.807) is 18.2 Å². The number of rotatable bonds is 2. The third-order valence-corrected chi connectivity index (χ3v) is 2.41. The summed E-state index contributed by atoms with van der Waals surface area (Å²) in [7, 11) is 0. The number of halogens is 4. The van der Waals surface area contributed by atoms with Gasteiger partial charge in [0.1, 0.15) is 0 Å². The zero-order valence-electron chi connectivity index (χ0n) is 8.16. The highest BCUT2D eigenvalue weighted by Gasteiger charge is 2.38. The second-order valence-electron chi connectivity index (χ2n) is 2.89. The van der Waals surface area contributed by atoms with Crippen LogP contribution in [-0.2, 0) is 4.79 Å². The molecule has 1 aromatic rings. The Hall–Kier alpha value is -0.520. The first-order chi connectivity index (χ1) is 7.88. The van der Waals surface area contributed by atoms with Crippen LogP contribution in [0.5, 0.6) is 0 Å². The van der Waals surface area contributed by atoms with Crippen LogP contribution < -0.4 is 4.94 Å². The van der Waals surface area contributed by atoms with Gasteiger partial charge >= 0.3 is 0 Å². The van der Waals surface area contributed by atoms with Gasteiger partial charge in [0.05, 0.1) is 0 Å². The Morgan fingerprint density at radius 3 is 2.06 bits per heavy atom. The molecule has 1 aromatic carbocycles. The molecule has 2 amide bonds. The molecular weight excluding hydrogens is 310 g/mol. The van der Waals surface area contributed by atoms with Crippen LogP contribution in [0.25, 0.3) is 0 Å². The lowest BCUT2D eigenvalue weighted by Gasteiger charge is -2.21. The van der Waals surface area contributed by atoms with Crippen LogP contribution >= 0.6 is 46.6 Å². The van der Waals surface area contributed by atoms with Crippen molar-refractivity contribution in [2.45, 2.75) is 3.79 Å². The molecule has 0 aromatic heterocycles. The van der Waals surface area contributed by atoms with E-state index in [2.05, 4.69) is 0 Å². The summed E-state index contributed by atoms with van der Waals surface area (Å²) in [5, 5.41) is 0.421. The van der Waals surface area contributed by atoms with Crippen LogP contribution in [0, 0.1) is 0 Å². The molecule has 0 heterocycles. The highest BCUT2D eigenvalue weighted by Crippen LogP contribution is 2.28. The number of hydrazine groups is 1. The number of carbonyl (C=O) groups is 2. The largest absolute Gasteiger partial charge is 0.297 e. The van der Waals surface area contributed by atoms with Gasteiger partial charge < -0.3 is 0 Å².